The molecule has 0 radical (unpaired) electrons. The van der Waals surface area contributed by atoms with Crippen LogP contribution in [-0.4, -0.2) is 16.0 Å². The van der Waals surface area contributed by atoms with Crippen molar-refractivity contribution in [2.75, 3.05) is 0 Å². The topological polar surface area (TPSA) is 40.7 Å². The van der Waals surface area contributed by atoms with Gasteiger partial charge < -0.3 is 10.3 Å². The molecule has 1 aliphatic carbocycles. The van der Waals surface area contributed by atoms with Crippen LogP contribution in [0.4, 0.5) is 0 Å². The monoisotopic (exact) mass is 397 g/mol. The molecule has 3 aromatic carbocycles. The Morgan fingerprint density at radius 2 is 1.70 bits per heavy atom. The van der Waals surface area contributed by atoms with Gasteiger partial charge in [0.25, 0.3) is 0 Å². The molecule has 0 spiro atoms. The fourth-order valence-electron chi connectivity index (χ4n) is 5.05. The third kappa shape index (κ3) is 3.52. The molecule has 1 heterocycles. The van der Waals surface area contributed by atoms with E-state index in [9.17, 15) is 0 Å². The number of rotatable bonds is 4. The molecule has 3 heteroatoms. The van der Waals surface area contributed by atoms with Crippen LogP contribution in [0.1, 0.15) is 50.7 Å². The Kier molecular flexibility index (Phi) is 4.86. The average molecular weight is 398 g/mol. The summed E-state index contributed by atoms with van der Waals surface area (Å²) in [5, 5.41) is 6.51. The van der Waals surface area contributed by atoms with Crippen molar-refractivity contribution in [1.29, 1.82) is 0 Å². The molecule has 4 aromatic rings. The fraction of sp³-hybridized carbons (Fsp3) is 0.370. The van der Waals surface area contributed by atoms with Crippen LogP contribution in [0.15, 0.2) is 54.9 Å². The predicted octanol–water partition coefficient (Wildman–Crippen LogP) is 6.75. The summed E-state index contributed by atoms with van der Waals surface area (Å²) in [6.45, 7) is 7.91. The van der Waals surface area contributed by atoms with Crippen molar-refractivity contribution >= 4 is 21.8 Å². The van der Waals surface area contributed by atoms with E-state index in [4.69, 9.17) is 0 Å². The quantitative estimate of drug-likeness (QED) is 0.400. The zero-order valence-corrected chi connectivity index (χ0v) is 18.3. The normalized spacial score (nSPS) is 17.0. The van der Waals surface area contributed by atoms with Crippen LogP contribution in [-0.2, 0) is 6.54 Å². The standard InChI is InChI=1S/C27H31N3/c1-18-21(10-11-25-26(18)30-17-29-25)24-9-8-19(22-6-4-5-7-23(22)24)16-28-20-12-14-27(2,3)15-13-20/h4-11,17,20,28H,12-16H2,1-3H3,(H,29,30). The molecule has 0 amide bonds. The Morgan fingerprint density at radius 1 is 0.967 bits per heavy atom. The Hall–Kier alpha value is -2.65. The summed E-state index contributed by atoms with van der Waals surface area (Å²) in [6, 6.07) is 18.4. The van der Waals surface area contributed by atoms with E-state index < -0.39 is 0 Å². The average Bonchev–Trinajstić information content (AvgIpc) is 3.23. The smallest absolute Gasteiger partial charge is 0.0931 e. The summed E-state index contributed by atoms with van der Waals surface area (Å²) in [7, 11) is 0. The first-order valence-electron chi connectivity index (χ1n) is 11.2. The van der Waals surface area contributed by atoms with Crippen molar-refractivity contribution in [3.63, 3.8) is 0 Å². The molecule has 0 aliphatic heterocycles. The number of nitrogens with zero attached hydrogens (tertiary/aromatic N) is 1. The number of hydrogen-bond acceptors (Lipinski definition) is 2. The molecular formula is C27H31N3. The maximum absolute atomic E-state index is 4.53. The van der Waals surface area contributed by atoms with Crippen LogP contribution in [0.5, 0.6) is 0 Å². The number of benzene rings is 3. The molecule has 0 unspecified atom stereocenters. The van der Waals surface area contributed by atoms with E-state index in [1.807, 2.05) is 0 Å². The van der Waals surface area contributed by atoms with E-state index in [1.54, 1.807) is 6.33 Å². The minimum absolute atomic E-state index is 0.514. The van der Waals surface area contributed by atoms with Crippen LogP contribution in [0.3, 0.4) is 0 Å². The lowest BCUT2D eigenvalue weighted by Gasteiger charge is -2.34. The highest BCUT2D eigenvalue weighted by molar-refractivity contribution is 6.01. The van der Waals surface area contributed by atoms with Gasteiger partial charge in [-0.15, -0.1) is 0 Å². The molecule has 3 nitrogen and oxygen atoms in total. The first-order valence-corrected chi connectivity index (χ1v) is 11.2. The van der Waals surface area contributed by atoms with Gasteiger partial charge in [-0.25, -0.2) is 4.98 Å². The lowest BCUT2D eigenvalue weighted by molar-refractivity contribution is 0.206. The number of aromatic amines is 1. The summed E-state index contributed by atoms with van der Waals surface area (Å²) >= 11 is 0. The van der Waals surface area contributed by atoms with E-state index in [1.165, 1.54) is 58.7 Å². The number of aryl methyl sites for hydroxylation is 1. The highest BCUT2D eigenvalue weighted by atomic mass is 14.9. The number of nitrogens with one attached hydrogen (secondary N) is 2. The van der Waals surface area contributed by atoms with E-state index in [0.29, 0.717) is 11.5 Å². The van der Waals surface area contributed by atoms with Gasteiger partial charge in [0, 0.05) is 12.6 Å². The highest BCUT2D eigenvalue weighted by Crippen LogP contribution is 2.36. The van der Waals surface area contributed by atoms with E-state index in [-0.39, 0.29) is 0 Å². The van der Waals surface area contributed by atoms with E-state index >= 15 is 0 Å². The van der Waals surface area contributed by atoms with Crippen molar-refractivity contribution in [2.24, 2.45) is 5.41 Å². The van der Waals surface area contributed by atoms with Gasteiger partial charge in [0.15, 0.2) is 0 Å². The first kappa shape index (κ1) is 19.3. The van der Waals surface area contributed by atoms with Crippen LogP contribution in [0.2, 0.25) is 0 Å². The number of H-pyrrole nitrogens is 1. The number of hydrogen-bond donors (Lipinski definition) is 2. The van der Waals surface area contributed by atoms with E-state index in [2.05, 4.69) is 84.6 Å². The lowest BCUT2D eigenvalue weighted by atomic mass is 9.75. The van der Waals surface area contributed by atoms with Gasteiger partial charge >= 0.3 is 0 Å². The molecule has 1 aromatic heterocycles. The second kappa shape index (κ2) is 7.55. The molecule has 30 heavy (non-hydrogen) atoms. The molecule has 1 saturated carbocycles. The second-order valence-electron chi connectivity index (χ2n) is 9.67. The minimum atomic E-state index is 0.514. The molecule has 1 fully saturated rings. The van der Waals surface area contributed by atoms with Crippen molar-refractivity contribution in [2.45, 2.75) is 59.0 Å². The molecule has 0 bridgehead atoms. The second-order valence-corrected chi connectivity index (χ2v) is 9.67. The predicted molar refractivity (Wildman–Crippen MR) is 127 cm³/mol. The lowest BCUT2D eigenvalue weighted by Crippen LogP contribution is -2.35. The number of imidazole rings is 1. The zero-order chi connectivity index (χ0) is 20.7. The van der Waals surface area contributed by atoms with Crippen molar-refractivity contribution < 1.29 is 0 Å². The fourth-order valence-corrected chi connectivity index (χ4v) is 5.05. The number of fused-ring (bicyclic) bond motifs is 2. The van der Waals surface area contributed by atoms with Gasteiger partial charge in [-0.1, -0.05) is 56.3 Å². The molecule has 154 valence electrons. The van der Waals surface area contributed by atoms with Crippen molar-refractivity contribution in [1.82, 2.24) is 15.3 Å². The molecule has 0 atom stereocenters. The van der Waals surface area contributed by atoms with Crippen molar-refractivity contribution in [3.8, 4) is 11.1 Å². The van der Waals surface area contributed by atoms with Gasteiger partial charge in [0.05, 0.1) is 17.4 Å². The van der Waals surface area contributed by atoms with Gasteiger partial charge in [0.2, 0.25) is 0 Å². The van der Waals surface area contributed by atoms with Crippen LogP contribution in [0, 0.1) is 12.3 Å². The Morgan fingerprint density at radius 3 is 2.50 bits per heavy atom. The third-order valence-electron chi connectivity index (χ3n) is 7.07. The largest absolute Gasteiger partial charge is 0.345 e. The molecular weight excluding hydrogens is 366 g/mol. The van der Waals surface area contributed by atoms with Gasteiger partial charge in [-0.3, -0.25) is 0 Å². The molecule has 2 N–H and O–H groups in total. The molecule has 0 saturated heterocycles. The summed E-state index contributed by atoms with van der Waals surface area (Å²) < 4.78 is 0. The van der Waals surface area contributed by atoms with Gasteiger partial charge in [-0.2, -0.15) is 0 Å². The van der Waals surface area contributed by atoms with Gasteiger partial charge in [0.1, 0.15) is 0 Å². The van der Waals surface area contributed by atoms with E-state index in [0.717, 1.165) is 17.6 Å². The maximum atomic E-state index is 4.53. The van der Waals surface area contributed by atoms with Gasteiger partial charge in [-0.05, 0) is 77.1 Å². The minimum Gasteiger partial charge on any atom is -0.345 e. The Balaban J connectivity index is 1.47. The first-order chi connectivity index (χ1) is 14.5. The summed E-state index contributed by atoms with van der Waals surface area (Å²) in [4.78, 5) is 7.75. The third-order valence-corrected chi connectivity index (χ3v) is 7.07. The Bertz CT molecular complexity index is 1190. The highest BCUT2D eigenvalue weighted by Gasteiger charge is 2.26. The van der Waals surface area contributed by atoms with Crippen LogP contribution < -0.4 is 5.32 Å². The SMILES string of the molecule is Cc1c(-c2ccc(CNC3CCC(C)(C)CC3)c3ccccc23)ccc2[nH]cnc12. The molecule has 5 rings (SSSR count). The van der Waals surface area contributed by atoms with Crippen LogP contribution >= 0.6 is 0 Å². The maximum Gasteiger partial charge on any atom is 0.0931 e. The van der Waals surface area contributed by atoms with Crippen LogP contribution in [0.25, 0.3) is 32.9 Å². The molecule has 1 aliphatic rings. The Labute approximate surface area is 178 Å². The zero-order valence-electron chi connectivity index (χ0n) is 18.3. The number of aromatic nitrogens is 2. The summed E-state index contributed by atoms with van der Waals surface area (Å²) in [5.74, 6) is 0. The summed E-state index contributed by atoms with van der Waals surface area (Å²) in [5.41, 5.74) is 7.84. The van der Waals surface area contributed by atoms with Crippen molar-refractivity contribution in [3.05, 3.63) is 66.0 Å². The summed E-state index contributed by atoms with van der Waals surface area (Å²) in [6.07, 6.45) is 6.98.